The highest BCUT2D eigenvalue weighted by molar-refractivity contribution is 5.67. The Balaban J connectivity index is 1.90. The van der Waals surface area contributed by atoms with E-state index in [1.54, 1.807) is 0 Å². The third-order valence-electron chi connectivity index (χ3n) is 3.26. The molecule has 0 amide bonds. The summed E-state index contributed by atoms with van der Waals surface area (Å²) in [4.78, 5) is 0. The van der Waals surface area contributed by atoms with Gasteiger partial charge in [0.25, 0.3) is 0 Å². The van der Waals surface area contributed by atoms with E-state index in [-0.39, 0.29) is 0 Å². The Labute approximate surface area is 107 Å². The smallest absolute Gasteiger partial charge is 0.0725 e. The summed E-state index contributed by atoms with van der Waals surface area (Å²) < 4.78 is 5.42. The largest absolute Gasteiger partial charge is 0.399 e. The van der Waals surface area contributed by atoms with Gasteiger partial charge in [0.15, 0.2) is 0 Å². The van der Waals surface area contributed by atoms with Gasteiger partial charge in [0.05, 0.1) is 13.2 Å². The standard InChI is InChI=1S/C15H16N2O/c1-10-2-4-13(16)7-15(10)17-14-5-3-11-8-18-9-12(11)6-14/h2-7,17H,8-9,16H2,1H3. The summed E-state index contributed by atoms with van der Waals surface area (Å²) in [7, 11) is 0. The SMILES string of the molecule is Cc1ccc(N)cc1Nc1ccc2c(c1)COC2. The second kappa shape index (κ2) is 4.35. The average Bonchev–Trinajstić information content (AvgIpc) is 2.81. The van der Waals surface area contributed by atoms with Crippen molar-refractivity contribution in [3.05, 3.63) is 53.1 Å². The number of anilines is 3. The maximum atomic E-state index is 5.81. The predicted octanol–water partition coefficient (Wildman–Crippen LogP) is 3.35. The molecule has 0 atom stereocenters. The van der Waals surface area contributed by atoms with Crippen molar-refractivity contribution in [3.63, 3.8) is 0 Å². The first-order valence-corrected chi connectivity index (χ1v) is 6.05. The minimum absolute atomic E-state index is 0.709. The quantitative estimate of drug-likeness (QED) is 0.791. The summed E-state index contributed by atoms with van der Waals surface area (Å²) in [5.74, 6) is 0. The molecule has 0 unspecified atom stereocenters. The van der Waals surface area contributed by atoms with Crippen molar-refractivity contribution in [2.45, 2.75) is 20.1 Å². The molecular formula is C15H16N2O. The van der Waals surface area contributed by atoms with Crippen LogP contribution in [0.3, 0.4) is 0 Å². The van der Waals surface area contributed by atoms with Crippen LogP contribution in [0.15, 0.2) is 36.4 Å². The van der Waals surface area contributed by atoms with E-state index >= 15 is 0 Å². The van der Waals surface area contributed by atoms with Gasteiger partial charge in [0.2, 0.25) is 0 Å². The van der Waals surface area contributed by atoms with Gasteiger partial charge in [-0.25, -0.2) is 0 Å². The van der Waals surface area contributed by atoms with Crippen LogP contribution in [0.25, 0.3) is 0 Å². The van der Waals surface area contributed by atoms with Gasteiger partial charge in [0.1, 0.15) is 0 Å². The Hall–Kier alpha value is -2.00. The lowest BCUT2D eigenvalue weighted by Gasteiger charge is -2.11. The van der Waals surface area contributed by atoms with Crippen molar-refractivity contribution >= 4 is 17.1 Å². The third kappa shape index (κ3) is 2.05. The van der Waals surface area contributed by atoms with E-state index in [0.29, 0.717) is 6.61 Å². The number of fused-ring (bicyclic) bond motifs is 1. The van der Waals surface area contributed by atoms with E-state index in [1.165, 1.54) is 16.7 Å². The second-order valence-corrected chi connectivity index (χ2v) is 4.68. The number of aryl methyl sites for hydroxylation is 1. The fraction of sp³-hybridized carbons (Fsp3) is 0.200. The average molecular weight is 240 g/mol. The number of ether oxygens (including phenoxy) is 1. The Kier molecular flexibility index (Phi) is 2.68. The molecule has 0 spiro atoms. The first-order chi connectivity index (χ1) is 8.72. The highest BCUT2D eigenvalue weighted by Gasteiger charge is 2.11. The number of rotatable bonds is 2. The molecule has 1 aliphatic heterocycles. The number of hydrogen-bond acceptors (Lipinski definition) is 3. The summed E-state index contributed by atoms with van der Waals surface area (Å²) >= 11 is 0. The van der Waals surface area contributed by atoms with Gasteiger partial charge >= 0.3 is 0 Å². The Bertz CT molecular complexity index is 593. The van der Waals surface area contributed by atoms with Crippen molar-refractivity contribution in [1.29, 1.82) is 0 Å². The van der Waals surface area contributed by atoms with Gasteiger partial charge < -0.3 is 15.8 Å². The van der Waals surface area contributed by atoms with Crippen LogP contribution in [0.1, 0.15) is 16.7 Å². The van der Waals surface area contributed by atoms with Crippen LogP contribution in [-0.2, 0) is 18.0 Å². The molecule has 0 radical (unpaired) electrons. The predicted molar refractivity (Wildman–Crippen MR) is 73.8 cm³/mol. The van der Waals surface area contributed by atoms with Gasteiger partial charge in [-0.3, -0.25) is 0 Å². The van der Waals surface area contributed by atoms with Gasteiger partial charge in [-0.1, -0.05) is 12.1 Å². The topological polar surface area (TPSA) is 47.3 Å². The molecule has 3 rings (SSSR count). The first kappa shape index (κ1) is 11.1. The zero-order valence-electron chi connectivity index (χ0n) is 10.4. The zero-order chi connectivity index (χ0) is 12.5. The Morgan fingerprint density at radius 2 is 1.89 bits per heavy atom. The molecule has 2 aromatic carbocycles. The lowest BCUT2D eigenvalue weighted by Crippen LogP contribution is -1.96. The van der Waals surface area contributed by atoms with Gasteiger partial charge in [-0.2, -0.15) is 0 Å². The second-order valence-electron chi connectivity index (χ2n) is 4.68. The summed E-state index contributed by atoms with van der Waals surface area (Å²) in [5, 5.41) is 3.41. The lowest BCUT2D eigenvalue weighted by atomic mass is 10.1. The van der Waals surface area contributed by atoms with E-state index in [1.807, 2.05) is 18.2 Å². The lowest BCUT2D eigenvalue weighted by molar-refractivity contribution is 0.134. The number of nitrogens with one attached hydrogen (secondary N) is 1. The molecule has 18 heavy (non-hydrogen) atoms. The molecule has 3 heteroatoms. The molecule has 0 fully saturated rings. The first-order valence-electron chi connectivity index (χ1n) is 6.05. The van der Waals surface area contributed by atoms with Crippen molar-refractivity contribution in [1.82, 2.24) is 0 Å². The molecule has 0 saturated carbocycles. The van der Waals surface area contributed by atoms with Gasteiger partial charge in [-0.15, -0.1) is 0 Å². The molecule has 3 N–H and O–H groups in total. The van der Waals surface area contributed by atoms with E-state index in [9.17, 15) is 0 Å². The highest BCUT2D eigenvalue weighted by atomic mass is 16.5. The van der Waals surface area contributed by atoms with E-state index in [2.05, 4.69) is 30.4 Å². The van der Waals surface area contributed by atoms with Crippen molar-refractivity contribution in [3.8, 4) is 0 Å². The molecule has 2 aromatic rings. The van der Waals surface area contributed by atoms with Crippen LogP contribution in [-0.4, -0.2) is 0 Å². The number of nitrogens with two attached hydrogens (primary N) is 1. The van der Waals surface area contributed by atoms with Crippen LogP contribution in [0.2, 0.25) is 0 Å². The number of hydrogen-bond donors (Lipinski definition) is 2. The molecule has 0 aromatic heterocycles. The van der Waals surface area contributed by atoms with Crippen LogP contribution < -0.4 is 11.1 Å². The van der Waals surface area contributed by atoms with Crippen LogP contribution >= 0.6 is 0 Å². The zero-order valence-corrected chi connectivity index (χ0v) is 10.4. The molecule has 92 valence electrons. The Morgan fingerprint density at radius 1 is 1.06 bits per heavy atom. The molecule has 0 aliphatic carbocycles. The van der Waals surface area contributed by atoms with Gasteiger partial charge in [0, 0.05) is 17.1 Å². The van der Waals surface area contributed by atoms with Crippen LogP contribution in [0.5, 0.6) is 0 Å². The van der Waals surface area contributed by atoms with E-state index < -0.39 is 0 Å². The molecule has 0 saturated heterocycles. The third-order valence-corrected chi connectivity index (χ3v) is 3.26. The fourth-order valence-electron chi connectivity index (χ4n) is 2.18. The normalized spacial score (nSPS) is 13.4. The van der Waals surface area contributed by atoms with Crippen molar-refractivity contribution in [2.24, 2.45) is 0 Å². The fourth-order valence-corrected chi connectivity index (χ4v) is 2.18. The van der Waals surface area contributed by atoms with Crippen molar-refractivity contribution < 1.29 is 4.74 Å². The maximum Gasteiger partial charge on any atom is 0.0725 e. The van der Waals surface area contributed by atoms with Crippen LogP contribution in [0, 0.1) is 6.92 Å². The number of nitrogen functional groups attached to an aromatic ring is 1. The van der Waals surface area contributed by atoms with Gasteiger partial charge in [-0.05, 0) is 47.9 Å². The molecule has 1 heterocycles. The van der Waals surface area contributed by atoms with E-state index in [0.717, 1.165) is 23.7 Å². The van der Waals surface area contributed by atoms with E-state index in [4.69, 9.17) is 10.5 Å². The van der Waals surface area contributed by atoms with Crippen LogP contribution in [0.4, 0.5) is 17.1 Å². The monoisotopic (exact) mass is 240 g/mol. The molecule has 1 aliphatic rings. The number of benzene rings is 2. The highest BCUT2D eigenvalue weighted by Crippen LogP contribution is 2.27. The minimum Gasteiger partial charge on any atom is -0.399 e. The Morgan fingerprint density at radius 3 is 2.78 bits per heavy atom. The molecule has 0 bridgehead atoms. The van der Waals surface area contributed by atoms with Crippen molar-refractivity contribution in [2.75, 3.05) is 11.1 Å². The summed E-state index contributed by atoms with van der Waals surface area (Å²) in [5.41, 5.74) is 12.4. The minimum atomic E-state index is 0.709. The summed E-state index contributed by atoms with van der Waals surface area (Å²) in [6, 6.07) is 12.2. The maximum absolute atomic E-state index is 5.81. The molecular weight excluding hydrogens is 224 g/mol. The summed E-state index contributed by atoms with van der Waals surface area (Å²) in [6.07, 6.45) is 0. The molecule has 3 nitrogen and oxygen atoms in total. The summed E-state index contributed by atoms with van der Waals surface area (Å²) in [6.45, 7) is 3.51.